The fourth-order valence-corrected chi connectivity index (χ4v) is 6.01. The van der Waals surface area contributed by atoms with E-state index in [1.54, 1.807) is 35.6 Å². The quantitative estimate of drug-likeness (QED) is 0.545. The van der Waals surface area contributed by atoms with E-state index in [1.165, 1.54) is 9.78 Å². The molecule has 2 N–H and O–H groups in total. The Kier molecular flexibility index (Phi) is 5.29. The Morgan fingerprint density at radius 1 is 1.35 bits per heavy atom. The van der Waals surface area contributed by atoms with Gasteiger partial charge in [-0.2, -0.15) is 0 Å². The van der Waals surface area contributed by atoms with E-state index in [2.05, 4.69) is 27.0 Å². The Hall–Kier alpha value is -2.00. The minimum atomic E-state index is -1.32. The predicted molar refractivity (Wildman–Crippen MR) is 122 cm³/mol. The van der Waals surface area contributed by atoms with Crippen molar-refractivity contribution in [1.82, 2.24) is 14.9 Å². The van der Waals surface area contributed by atoms with Gasteiger partial charge in [-0.3, -0.25) is 9.59 Å². The molecule has 6 nitrogen and oxygen atoms in total. The number of hydrogen-bond donors (Lipinski definition) is 2. The molecular weight excluding hydrogens is 502 g/mol. The first-order chi connectivity index (χ1) is 14.9. The average molecular weight is 521 g/mol. The van der Waals surface area contributed by atoms with Gasteiger partial charge in [-0.15, -0.1) is 11.3 Å². The molecule has 1 aromatic carbocycles. The van der Waals surface area contributed by atoms with Gasteiger partial charge < -0.3 is 15.0 Å². The zero-order valence-electron chi connectivity index (χ0n) is 16.4. The van der Waals surface area contributed by atoms with Crippen LogP contribution in [-0.4, -0.2) is 32.4 Å². The monoisotopic (exact) mass is 519 g/mol. The normalized spacial score (nSPS) is 17.8. The van der Waals surface area contributed by atoms with Crippen LogP contribution in [0.1, 0.15) is 46.5 Å². The van der Waals surface area contributed by atoms with Gasteiger partial charge in [0.1, 0.15) is 5.82 Å². The lowest BCUT2D eigenvalue weighted by Gasteiger charge is -2.30. The average Bonchev–Trinajstić information content (AvgIpc) is 3.47. The molecule has 0 unspecified atom stereocenters. The highest BCUT2D eigenvalue weighted by Crippen LogP contribution is 2.54. The van der Waals surface area contributed by atoms with Gasteiger partial charge in [0.15, 0.2) is 6.10 Å². The number of aliphatic hydroxyl groups is 1. The molecular formula is C22H19BrClN3O3S. The summed E-state index contributed by atoms with van der Waals surface area (Å²) >= 11 is 11.1. The van der Waals surface area contributed by atoms with Crippen molar-refractivity contribution < 1.29 is 9.90 Å². The van der Waals surface area contributed by atoms with Gasteiger partial charge in [0.05, 0.1) is 23.2 Å². The fourth-order valence-electron chi connectivity index (χ4n) is 4.12. The second-order valence-corrected chi connectivity index (χ2v) is 10.3. The molecule has 160 valence electrons. The lowest BCUT2D eigenvalue weighted by molar-refractivity contribution is -0.141. The standard InChI is InChI=1S/C22H19BrClN3O3S/c23-13-9-17(31-11-13)22(5-6-22)21-25-16-4-7-27(10-15(16)19(29)26-21)20(30)18(28)12-2-1-3-14(24)8-12/h1-3,8-9,11,18,28H,4-7,10H2,(H,25,26,29)/t18-/m1/s1. The van der Waals surface area contributed by atoms with Crippen molar-refractivity contribution in [3.05, 3.63) is 83.1 Å². The SMILES string of the molecule is O=C([C@H](O)c1cccc(Cl)c1)N1CCc2nc(C3(c4cc(Br)cs4)CC3)[nH]c(=O)c2C1. The van der Waals surface area contributed by atoms with E-state index in [1.807, 2.05) is 5.38 Å². The summed E-state index contributed by atoms with van der Waals surface area (Å²) in [6, 6.07) is 8.69. The van der Waals surface area contributed by atoms with Crippen molar-refractivity contribution in [1.29, 1.82) is 0 Å². The maximum absolute atomic E-state index is 12.9. The van der Waals surface area contributed by atoms with Crippen molar-refractivity contribution in [3.63, 3.8) is 0 Å². The number of H-pyrrole nitrogens is 1. The van der Waals surface area contributed by atoms with Crippen LogP contribution >= 0.6 is 38.9 Å². The summed E-state index contributed by atoms with van der Waals surface area (Å²) in [5.41, 5.74) is 1.24. The number of fused-ring (bicyclic) bond motifs is 1. The summed E-state index contributed by atoms with van der Waals surface area (Å²) in [5.74, 6) is 0.267. The number of aromatic amines is 1. The molecule has 3 aromatic rings. The van der Waals surface area contributed by atoms with Crippen LogP contribution in [0.2, 0.25) is 5.02 Å². The van der Waals surface area contributed by atoms with E-state index >= 15 is 0 Å². The molecule has 1 saturated carbocycles. The summed E-state index contributed by atoms with van der Waals surface area (Å²) in [6.45, 7) is 0.531. The molecule has 1 aliphatic heterocycles. The van der Waals surface area contributed by atoms with Crippen LogP contribution in [0, 0.1) is 0 Å². The minimum absolute atomic E-state index is 0.131. The summed E-state index contributed by atoms with van der Waals surface area (Å²) in [4.78, 5) is 36.3. The number of benzene rings is 1. The molecule has 2 aliphatic rings. The van der Waals surface area contributed by atoms with E-state index in [4.69, 9.17) is 16.6 Å². The number of carbonyl (C=O) groups excluding carboxylic acids is 1. The van der Waals surface area contributed by atoms with Crippen LogP contribution in [0.3, 0.4) is 0 Å². The summed E-state index contributed by atoms with van der Waals surface area (Å²) in [7, 11) is 0. The van der Waals surface area contributed by atoms with Crippen molar-refractivity contribution in [3.8, 4) is 0 Å². The van der Waals surface area contributed by atoms with Crippen LogP contribution in [0.4, 0.5) is 0 Å². The highest BCUT2D eigenvalue weighted by molar-refractivity contribution is 9.10. The molecule has 0 saturated heterocycles. The number of rotatable bonds is 4. The Balaban J connectivity index is 1.40. The van der Waals surface area contributed by atoms with Gasteiger partial charge in [-0.05, 0) is 52.5 Å². The van der Waals surface area contributed by atoms with Gasteiger partial charge >= 0.3 is 0 Å². The molecule has 1 amide bonds. The zero-order chi connectivity index (χ0) is 21.8. The second kappa shape index (κ2) is 7.85. The summed E-state index contributed by atoms with van der Waals surface area (Å²) in [6.07, 6.45) is 1.07. The van der Waals surface area contributed by atoms with E-state index in [-0.39, 0.29) is 17.5 Å². The van der Waals surface area contributed by atoms with Gasteiger partial charge in [0.2, 0.25) is 0 Å². The molecule has 1 aliphatic carbocycles. The number of aliphatic hydroxyl groups excluding tert-OH is 1. The first-order valence-corrected chi connectivity index (χ1v) is 12.0. The number of thiophene rings is 1. The lowest BCUT2D eigenvalue weighted by Crippen LogP contribution is -2.42. The number of carbonyl (C=O) groups is 1. The molecule has 3 heterocycles. The molecule has 1 fully saturated rings. The number of nitrogens with zero attached hydrogens (tertiary/aromatic N) is 2. The Morgan fingerprint density at radius 3 is 2.84 bits per heavy atom. The molecule has 9 heteroatoms. The third-order valence-electron chi connectivity index (χ3n) is 6.02. The number of amides is 1. The molecule has 2 aromatic heterocycles. The molecule has 0 spiro atoms. The summed E-state index contributed by atoms with van der Waals surface area (Å²) in [5, 5.41) is 13.0. The Labute approximate surface area is 196 Å². The fraction of sp³-hybridized carbons (Fsp3) is 0.318. The Bertz CT molecular complexity index is 1240. The smallest absolute Gasteiger partial charge is 0.256 e. The number of hydrogen-bond acceptors (Lipinski definition) is 5. The van der Waals surface area contributed by atoms with E-state index < -0.39 is 12.0 Å². The third kappa shape index (κ3) is 3.75. The van der Waals surface area contributed by atoms with E-state index in [0.717, 1.165) is 23.0 Å². The number of nitrogens with one attached hydrogen (secondary N) is 1. The van der Waals surface area contributed by atoms with Crippen LogP contribution < -0.4 is 5.56 Å². The van der Waals surface area contributed by atoms with Crippen molar-refractivity contribution in [2.45, 2.75) is 37.3 Å². The second-order valence-electron chi connectivity index (χ2n) is 8.02. The van der Waals surface area contributed by atoms with Crippen LogP contribution in [0.25, 0.3) is 0 Å². The van der Waals surface area contributed by atoms with E-state index in [0.29, 0.717) is 34.9 Å². The van der Waals surface area contributed by atoms with Crippen LogP contribution in [-0.2, 0) is 23.2 Å². The van der Waals surface area contributed by atoms with E-state index in [9.17, 15) is 14.7 Å². The largest absolute Gasteiger partial charge is 0.378 e. The molecule has 31 heavy (non-hydrogen) atoms. The maximum Gasteiger partial charge on any atom is 0.256 e. The van der Waals surface area contributed by atoms with Gasteiger partial charge in [-0.25, -0.2) is 4.98 Å². The zero-order valence-corrected chi connectivity index (χ0v) is 19.6. The van der Waals surface area contributed by atoms with Gasteiger partial charge in [-0.1, -0.05) is 23.7 Å². The van der Waals surface area contributed by atoms with Crippen LogP contribution in [0.5, 0.6) is 0 Å². The topological polar surface area (TPSA) is 86.3 Å². The molecule has 5 rings (SSSR count). The van der Waals surface area contributed by atoms with Crippen molar-refractivity contribution in [2.75, 3.05) is 6.54 Å². The molecule has 0 radical (unpaired) electrons. The van der Waals surface area contributed by atoms with Crippen molar-refractivity contribution in [2.24, 2.45) is 0 Å². The lowest BCUT2D eigenvalue weighted by atomic mass is 10.0. The minimum Gasteiger partial charge on any atom is -0.378 e. The highest BCUT2D eigenvalue weighted by Gasteiger charge is 2.50. The van der Waals surface area contributed by atoms with Crippen LogP contribution in [0.15, 0.2) is 45.0 Å². The third-order valence-corrected chi connectivity index (χ3v) is 8.15. The molecule has 0 bridgehead atoms. The maximum atomic E-state index is 12.9. The van der Waals surface area contributed by atoms with Gasteiger partial charge in [0, 0.05) is 32.7 Å². The first-order valence-electron chi connectivity index (χ1n) is 9.97. The number of halogens is 2. The van der Waals surface area contributed by atoms with Crippen molar-refractivity contribution >= 4 is 44.8 Å². The van der Waals surface area contributed by atoms with Gasteiger partial charge in [0.25, 0.3) is 11.5 Å². The first kappa shape index (κ1) is 20.9. The highest BCUT2D eigenvalue weighted by atomic mass is 79.9. The predicted octanol–water partition coefficient (Wildman–Crippen LogP) is 3.95. The molecule has 1 atom stereocenters. The Morgan fingerprint density at radius 2 is 2.16 bits per heavy atom. The summed E-state index contributed by atoms with van der Waals surface area (Å²) < 4.78 is 1.03. The number of aromatic nitrogens is 2.